The molecule has 1 aliphatic rings. The summed E-state index contributed by atoms with van der Waals surface area (Å²) in [7, 11) is -2.54. The number of ether oxygens (including phenoxy) is 1. The first-order valence-electron chi connectivity index (χ1n) is 15.7. The zero-order valence-corrected chi connectivity index (χ0v) is 29.1. The monoisotopic (exact) mass is 661 g/mol. The van der Waals surface area contributed by atoms with E-state index in [1.54, 1.807) is 24.3 Å². The Morgan fingerprint density at radius 1 is 1.20 bits per heavy atom. The smallest absolute Gasteiger partial charge is 0.250 e. The topological polar surface area (TPSA) is 96.5 Å². The van der Waals surface area contributed by atoms with E-state index in [0.29, 0.717) is 65.4 Å². The molecule has 0 spiro atoms. The Hall–Kier alpha value is -3.87. The molecule has 2 heterocycles. The van der Waals surface area contributed by atoms with Crippen molar-refractivity contribution in [2.45, 2.75) is 52.9 Å². The van der Waals surface area contributed by atoms with Crippen molar-refractivity contribution >= 4 is 53.1 Å². The molecule has 10 heteroatoms. The van der Waals surface area contributed by atoms with Gasteiger partial charge < -0.3 is 24.8 Å². The minimum absolute atomic E-state index is 0.0290. The molecule has 4 rings (SSSR count). The second-order valence-corrected chi connectivity index (χ2v) is 16.1. The van der Waals surface area contributed by atoms with Gasteiger partial charge in [-0.25, -0.2) is 4.98 Å². The van der Waals surface area contributed by atoms with Crippen LogP contribution in [0.1, 0.15) is 52.0 Å². The van der Waals surface area contributed by atoms with E-state index in [9.17, 15) is 9.36 Å². The van der Waals surface area contributed by atoms with Gasteiger partial charge in [-0.3, -0.25) is 4.79 Å². The molecule has 2 aromatic carbocycles. The highest BCUT2D eigenvalue weighted by Crippen LogP contribution is 2.39. The van der Waals surface area contributed by atoms with Gasteiger partial charge in [0.2, 0.25) is 11.9 Å². The van der Waals surface area contributed by atoms with Gasteiger partial charge in [0.1, 0.15) is 24.5 Å². The summed E-state index contributed by atoms with van der Waals surface area (Å²) in [5.41, 5.74) is 4.37. The molecule has 8 nitrogen and oxygen atoms in total. The number of carbonyl (C=O) groups excluding carboxylic acids is 1. The van der Waals surface area contributed by atoms with Crippen molar-refractivity contribution < 1.29 is 14.1 Å². The molecule has 1 amide bonds. The van der Waals surface area contributed by atoms with Crippen LogP contribution < -0.4 is 20.7 Å². The first kappa shape index (κ1) is 35.0. The van der Waals surface area contributed by atoms with Crippen LogP contribution in [0.4, 0.5) is 23.1 Å². The third-order valence-corrected chi connectivity index (χ3v) is 9.31. The summed E-state index contributed by atoms with van der Waals surface area (Å²) in [6.45, 7) is 15.0. The fraction of sp³-hybridized carbons (Fsp3) is 0.361. The lowest BCUT2D eigenvalue weighted by Gasteiger charge is -2.18. The number of carbonyl (C=O) groups is 1. The van der Waals surface area contributed by atoms with Gasteiger partial charge in [-0.15, -0.1) is 0 Å². The summed E-state index contributed by atoms with van der Waals surface area (Å²) in [5, 5.41) is 7.54. The predicted molar refractivity (Wildman–Crippen MR) is 192 cm³/mol. The van der Waals surface area contributed by atoms with E-state index in [4.69, 9.17) is 16.3 Å². The summed E-state index contributed by atoms with van der Waals surface area (Å²) in [6.07, 6.45) is 11.5. The van der Waals surface area contributed by atoms with Gasteiger partial charge in [0.25, 0.3) is 0 Å². The van der Waals surface area contributed by atoms with Gasteiger partial charge in [0, 0.05) is 29.8 Å². The van der Waals surface area contributed by atoms with Crippen molar-refractivity contribution in [1.29, 1.82) is 0 Å². The summed E-state index contributed by atoms with van der Waals surface area (Å²) in [6, 6.07) is 13.3. The molecule has 0 radical (unpaired) electrons. The van der Waals surface area contributed by atoms with E-state index in [2.05, 4.69) is 41.0 Å². The third kappa shape index (κ3) is 10.3. The number of aromatic nitrogens is 2. The highest BCUT2D eigenvalue weighted by molar-refractivity contribution is 7.70. The first-order chi connectivity index (χ1) is 21.9. The van der Waals surface area contributed by atoms with Crippen molar-refractivity contribution in [2.75, 3.05) is 37.1 Å². The van der Waals surface area contributed by atoms with Gasteiger partial charge in [-0.2, -0.15) is 4.98 Å². The Labute approximate surface area is 278 Å². The Morgan fingerprint density at radius 3 is 2.74 bits per heavy atom. The van der Waals surface area contributed by atoms with E-state index in [1.807, 2.05) is 61.7 Å². The Balaban J connectivity index is 1.49. The summed E-state index contributed by atoms with van der Waals surface area (Å²) >= 11 is 6.45. The normalized spacial score (nSPS) is 15.5. The quantitative estimate of drug-likeness (QED) is 0.0970. The van der Waals surface area contributed by atoms with Crippen molar-refractivity contribution in [3.05, 3.63) is 95.3 Å². The Bertz CT molecular complexity index is 1660. The molecule has 244 valence electrons. The number of hydrogen-bond donors (Lipinski definition) is 2. The number of fused-ring (bicyclic) bond motifs is 1. The standard InChI is InChI=1S/C36H45ClN5O3P/c1-25(2)12-8-7-9-15-34(43)42-19-18-26(3)20-28-16-17-29(21-32(28)45-24-27(4)23-42)39-36-38-22-30(37)35(41-36)40-31-13-10-11-14-33(31)46(5,6)44/h9-11,13-17,21-23,25H,3,7-8,12,18-20,24H2,1-2,4-6H3,(H2,38,39,40,41)/b15-9+,27-23+. The lowest BCUT2D eigenvalue weighted by atomic mass is 10.0. The molecule has 0 unspecified atom stereocenters. The van der Waals surface area contributed by atoms with Crippen molar-refractivity contribution in [3.63, 3.8) is 0 Å². The van der Waals surface area contributed by atoms with E-state index >= 15 is 0 Å². The molecule has 1 aliphatic heterocycles. The van der Waals surface area contributed by atoms with Crippen LogP contribution in [0.25, 0.3) is 0 Å². The number of anilines is 4. The van der Waals surface area contributed by atoms with Gasteiger partial charge in [-0.05, 0) is 87.3 Å². The number of rotatable bonds is 10. The molecule has 46 heavy (non-hydrogen) atoms. The molecule has 0 atom stereocenters. The molecule has 0 saturated heterocycles. The maximum absolute atomic E-state index is 13.0. The summed E-state index contributed by atoms with van der Waals surface area (Å²) in [5.74, 6) is 2.08. The van der Waals surface area contributed by atoms with Crippen LogP contribution in [-0.2, 0) is 15.8 Å². The van der Waals surface area contributed by atoms with E-state index in [-0.39, 0.29) is 5.91 Å². The number of nitrogens with one attached hydrogen (secondary N) is 2. The largest absolute Gasteiger partial charge is 0.489 e. The van der Waals surface area contributed by atoms with Crippen LogP contribution in [-0.4, -0.2) is 47.3 Å². The molecular weight excluding hydrogens is 617 g/mol. The average Bonchev–Trinajstić information content (AvgIpc) is 3.02. The number of allylic oxidation sites excluding steroid dienone is 1. The minimum atomic E-state index is -2.54. The first-order valence-corrected chi connectivity index (χ1v) is 18.6. The molecular formula is C36H45ClN5O3P. The van der Waals surface area contributed by atoms with Crippen LogP contribution >= 0.6 is 18.7 Å². The van der Waals surface area contributed by atoms with Crippen LogP contribution in [0.15, 0.2) is 84.7 Å². The minimum Gasteiger partial charge on any atom is -0.489 e. The van der Waals surface area contributed by atoms with Gasteiger partial charge in [0.15, 0.2) is 5.82 Å². The van der Waals surface area contributed by atoms with Gasteiger partial charge in [0.05, 0.1) is 11.9 Å². The molecule has 0 bridgehead atoms. The second kappa shape index (κ2) is 16.1. The van der Waals surface area contributed by atoms with Gasteiger partial charge >= 0.3 is 0 Å². The second-order valence-electron chi connectivity index (χ2n) is 12.5. The summed E-state index contributed by atoms with van der Waals surface area (Å²) < 4.78 is 19.1. The number of halogens is 1. The molecule has 2 N–H and O–H groups in total. The Kier molecular flexibility index (Phi) is 12.3. The van der Waals surface area contributed by atoms with E-state index in [1.165, 1.54) is 6.20 Å². The lowest BCUT2D eigenvalue weighted by molar-refractivity contribution is -0.123. The number of nitrogens with zero attached hydrogens (tertiary/aromatic N) is 3. The highest BCUT2D eigenvalue weighted by atomic mass is 35.5. The number of amides is 1. The van der Waals surface area contributed by atoms with E-state index in [0.717, 1.165) is 41.7 Å². The van der Waals surface area contributed by atoms with Crippen LogP contribution in [0.2, 0.25) is 5.02 Å². The third-order valence-electron chi connectivity index (χ3n) is 7.48. The molecule has 0 saturated carbocycles. The number of unbranched alkanes of at least 4 members (excludes halogenated alkanes) is 1. The molecule has 3 aromatic rings. The zero-order chi connectivity index (χ0) is 33.3. The van der Waals surface area contributed by atoms with Crippen LogP contribution in [0, 0.1) is 5.92 Å². The predicted octanol–water partition coefficient (Wildman–Crippen LogP) is 8.86. The number of hydrogen-bond acceptors (Lipinski definition) is 7. The average molecular weight is 662 g/mol. The summed E-state index contributed by atoms with van der Waals surface area (Å²) in [4.78, 5) is 23.7. The van der Waals surface area contributed by atoms with Crippen LogP contribution in [0.5, 0.6) is 5.75 Å². The zero-order valence-electron chi connectivity index (χ0n) is 27.5. The number of benzene rings is 2. The molecule has 0 aliphatic carbocycles. The highest BCUT2D eigenvalue weighted by Gasteiger charge is 2.18. The van der Waals surface area contributed by atoms with Crippen molar-refractivity contribution in [2.24, 2.45) is 5.92 Å². The SMILES string of the molecule is C=C1CCN(C(=O)/C=C/CCCC(C)C)/C=C(\C)COc2cc(Nc3ncc(Cl)c(Nc4ccccc4P(C)(C)=O)n3)ccc2C1. The molecule has 1 aromatic heterocycles. The Morgan fingerprint density at radius 2 is 1.98 bits per heavy atom. The van der Waals surface area contributed by atoms with E-state index < -0.39 is 7.14 Å². The maximum atomic E-state index is 13.0. The fourth-order valence-electron chi connectivity index (χ4n) is 5.03. The maximum Gasteiger partial charge on any atom is 0.250 e. The van der Waals surface area contributed by atoms with Gasteiger partial charge in [-0.1, -0.05) is 68.3 Å². The van der Waals surface area contributed by atoms with Crippen molar-refractivity contribution in [3.8, 4) is 5.75 Å². The van der Waals surface area contributed by atoms with Crippen LogP contribution in [0.3, 0.4) is 0 Å². The fourth-order valence-corrected chi connectivity index (χ4v) is 6.32. The number of para-hydroxylation sites is 1. The lowest BCUT2D eigenvalue weighted by Crippen LogP contribution is -2.26. The molecule has 0 fully saturated rings. The van der Waals surface area contributed by atoms with Crippen molar-refractivity contribution in [1.82, 2.24) is 14.9 Å².